The summed E-state index contributed by atoms with van der Waals surface area (Å²) in [5.41, 5.74) is 4.78. The minimum absolute atomic E-state index is 0.169. The number of benzene rings is 2. The first-order valence-corrected chi connectivity index (χ1v) is 10.6. The smallest absolute Gasteiger partial charge is 0.323 e. The van der Waals surface area contributed by atoms with Gasteiger partial charge < -0.3 is 19.8 Å². The summed E-state index contributed by atoms with van der Waals surface area (Å²) >= 11 is 0. The van der Waals surface area contributed by atoms with E-state index >= 15 is 0 Å². The highest BCUT2D eigenvalue weighted by atomic mass is 16.1. The maximum Gasteiger partial charge on any atom is 0.323 e. The summed E-state index contributed by atoms with van der Waals surface area (Å²) in [6, 6.07) is 15.8. The van der Waals surface area contributed by atoms with Crippen LogP contribution in [0.25, 0.3) is 0 Å². The van der Waals surface area contributed by atoms with Crippen LogP contribution in [-0.4, -0.2) is 60.9 Å². The van der Waals surface area contributed by atoms with Crippen molar-refractivity contribution in [1.82, 2.24) is 14.9 Å². The van der Waals surface area contributed by atoms with Crippen molar-refractivity contribution in [1.29, 1.82) is 0 Å². The molecule has 2 N–H and O–H groups in total. The molecule has 0 radical (unpaired) electrons. The van der Waals surface area contributed by atoms with Crippen LogP contribution in [0.15, 0.2) is 53.3 Å². The lowest BCUT2D eigenvalue weighted by Crippen LogP contribution is -2.46. The Morgan fingerprint density at radius 2 is 1.65 bits per heavy atom. The number of carbonyl (C=O) groups is 1. The SMILES string of the molecule is Cc1ccccc1N1CCN(Cc2[nH]c(=O)[nH]c2C(=O)c2ccc(N(C)C)cc2)CC1. The predicted octanol–water partition coefficient (Wildman–Crippen LogP) is 2.63. The van der Waals surface area contributed by atoms with Crippen molar-refractivity contribution < 1.29 is 4.79 Å². The van der Waals surface area contributed by atoms with Crippen LogP contribution in [0.5, 0.6) is 0 Å². The van der Waals surface area contributed by atoms with Gasteiger partial charge in [-0.2, -0.15) is 0 Å². The van der Waals surface area contributed by atoms with Crippen LogP contribution < -0.4 is 15.5 Å². The van der Waals surface area contributed by atoms with E-state index in [0.717, 1.165) is 31.9 Å². The Labute approximate surface area is 182 Å². The Morgan fingerprint density at radius 1 is 0.968 bits per heavy atom. The second-order valence-corrected chi connectivity index (χ2v) is 8.25. The van der Waals surface area contributed by atoms with E-state index in [9.17, 15) is 9.59 Å². The van der Waals surface area contributed by atoms with E-state index in [1.54, 1.807) is 12.1 Å². The highest BCUT2D eigenvalue weighted by Gasteiger charge is 2.23. The molecule has 162 valence electrons. The van der Waals surface area contributed by atoms with Crippen molar-refractivity contribution in [3.05, 3.63) is 81.5 Å². The first-order valence-electron chi connectivity index (χ1n) is 10.6. The van der Waals surface area contributed by atoms with Gasteiger partial charge in [-0.15, -0.1) is 0 Å². The van der Waals surface area contributed by atoms with Crippen LogP contribution >= 0.6 is 0 Å². The molecule has 2 aromatic carbocycles. The molecule has 1 fully saturated rings. The highest BCUT2D eigenvalue weighted by Crippen LogP contribution is 2.22. The van der Waals surface area contributed by atoms with Crippen molar-refractivity contribution >= 4 is 17.2 Å². The van der Waals surface area contributed by atoms with Crippen LogP contribution in [0.2, 0.25) is 0 Å². The number of piperazine rings is 1. The molecule has 0 bridgehead atoms. The zero-order chi connectivity index (χ0) is 22.0. The number of aromatic nitrogens is 2. The first kappa shape index (κ1) is 20.9. The molecule has 7 nitrogen and oxygen atoms in total. The van der Waals surface area contributed by atoms with Gasteiger partial charge in [-0.25, -0.2) is 4.79 Å². The number of para-hydroxylation sites is 1. The summed E-state index contributed by atoms with van der Waals surface area (Å²) in [5.74, 6) is -0.169. The lowest BCUT2D eigenvalue weighted by atomic mass is 10.1. The number of nitrogens with one attached hydrogen (secondary N) is 2. The predicted molar refractivity (Wildman–Crippen MR) is 124 cm³/mol. The second-order valence-electron chi connectivity index (χ2n) is 8.25. The zero-order valence-corrected chi connectivity index (χ0v) is 18.3. The van der Waals surface area contributed by atoms with Crippen molar-refractivity contribution in [2.24, 2.45) is 0 Å². The fourth-order valence-electron chi connectivity index (χ4n) is 4.08. The Kier molecular flexibility index (Phi) is 5.95. The summed E-state index contributed by atoms with van der Waals surface area (Å²) in [4.78, 5) is 37.2. The average Bonchev–Trinajstić information content (AvgIpc) is 3.14. The van der Waals surface area contributed by atoms with Crippen LogP contribution in [0.1, 0.15) is 27.3 Å². The van der Waals surface area contributed by atoms with E-state index in [1.165, 1.54) is 11.3 Å². The Bertz CT molecular complexity index is 1110. The molecular formula is C24H29N5O2. The third-order valence-electron chi connectivity index (χ3n) is 5.89. The van der Waals surface area contributed by atoms with Gasteiger partial charge in [-0.3, -0.25) is 9.69 Å². The number of hydrogen-bond acceptors (Lipinski definition) is 5. The summed E-state index contributed by atoms with van der Waals surface area (Å²) in [7, 11) is 3.91. The normalized spacial score (nSPS) is 14.6. The van der Waals surface area contributed by atoms with Crippen LogP contribution in [0.3, 0.4) is 0 Å². The first-order chi connectivity index (χ1) is 14.9. The van der Waals surface area contributed by atoms with Gasteiger partial charge in [-0.1, -0.05) is 18.2 Å². The maximum atomic E-state index is 13.0. The quantitative estimate of drug-likeness (QED) is 0.601. The summed E-state index contributed by atoms with van der Waals surface area (Å²) in [6.45, 7) is 6.23. The lowest BCUT2D eigenvalue weighted by molar-refractivity contribution is 0.103. The molecule has 1 aliphatic rings. The number of aromatic amines is 2. The van der Waals surface area contributed by atoms with Gasteiger partial charge >= 0.3 is 5.69 Å². The van der Waals surface area contributed by atoms with Gasteiger partial charge in [-0.05, 0) is 42.8 Å². The molecule has 1 aromatic heterocycles. The molecule has 3 aromatic rings. The second kappa shape index (κ2) is 8.81. The molecule has 0 atom stereocenters. The number of ketones is 1. The molecule has 4 rings (SSSR count). The van der Waals surface area contributed by atoms with Crippen molar-refractivity contribution in [3.8, 4) is 0 Å². The average molecular weight is 420 g/mol. The third-order valence-corrected chi connectivity index (χ3v) is 5.89. The highest BCUT2D eigenvalue weighted by molar-refractivity contribution is 6.08. The van der Waals surface area contributed by atoms with Crippen LogP contribution in [0, 0.1) is 6.92 Å². The topological polar surface area (TPSA) is 75.4 Å². The van der Waals surface area contributed by atoms with Gasteiger partial charge in [0, 0.05) is 63.8 Å². The van der Waals surface area contributed by atoms with E-state index in [-0.39, 0.29) is 11.5 Å². The van der Waals surface area contributed by atoms with Gasteiger partial charge in [0.15, 0.2) is 0 Å². The minimum Gasteiger partial charge on any atom is -0.378 e. The molecule has 0 spiro atoms. The molecule has 0 unspecified atom stereocenters. The molecule has 1 saturated heterocycles. The number of imidazole rings is 1. The fraction of sp³-hybridized carbons (Fsp3) is 0.333. The zero-order valence-electron chi connectivity index (χ0n) is 18.3. The molecule has 0 aliphatic carbocycles. The molecule has 0 saturated carbocycles. The number of anilines is 2. The van der Waals surface area contributed by atoms with Crippen LogP contribution in [-0.2, 0) is 6.54 Å². The minimum atomic E-state index is -0.346. The summed E-state index contributed by atoms with van der Waals surface area (Å²) < 4.78 is 0. The van der Waals surface area contributed by atoms with Gasteiger partial charge in [0.25, 0.3) is 0 Å². The number of carbonyl (C=O) groups excluding carboxylic acids is 1. The standard InChI is InChI=1S/C24H29N5O2/c1-17-6-4-5-7-21(17)29-14-12-28(13-15-29)16-20-22(26-24(31)25-20)23(30)18-8-10-19(11-9-18)27(2)3/h4-11H,12-16H2,1-3H3,(H2,25,26,31). The van der Waals surface area contributed by atoms with Crippen molar-refractivity contribution in [3.63, 3.8) is 0 Å². The fourth-order valence-corrected chi connectivity index (χ4v) is 4.08. The number of nitrogens with zero attached hydrogens (tertiary/aromatic N) is 3. The number of aryl methyl sites for hydroxylation is 1. The largest absolute Gasteiger partial charge is 0.378 e. The van der Waals surface area contributed by atoms with Gasteiger partial charge in [0.2, 0.25) is 5.78 Å². The van der Waals surface area contributed by atoms with Gasteiger partial charge in [0.05, 0.1) is 5.69 Å². The van der Waals surface area contributed by atoms with E-state index in [1.807, 2.05) is 31.1 Å². The molecule has 31 heavy (non-hydrogen) atoms. The molecule has 2 heterocycles. The van der Waals surface area contributed by atoms with Crippen molar-refractivity contribution in [2.75, 3.05) is 50.1 Å². The third kappa shape index (κ3) is 4.56. The van der Waals surface area contributed by atoms with E-state index < -0.39 is 0 Å². The van der Waals surface area contributed by atoms with E-state index in [2.05, 4.69) is 51.0 Å². The van der Waals surface area contributed by atoms with E-state index in [0.29, 0.717) is 23.5 Å². The number of hydrogen-bond donors (Lipinski definition) is 2. The molecule has 1 aliphatic heterocycles. The summed E-state index contributed by atoms with van der Waals surface area (Å²) in [5, 5.41) is 0. The number of rotatable bonds is 6. The van der Waals surface area contributed by atoms with Crippen LogP contribution in [0.4, 0.5) is 11.4 Å². The summed E-state index contributed by atoms with van der Waals surface area (Å²) in [6.07, 6.45) is 0. The lowest BCUT2D eigenvalue weighted by Gasteiger charge is -2.36. The van der Waals surface area contributed by atoms with E-state index in [4.69, 9.17) is 0 Å². The molecular weight excluding hydrogens is 390 g/mol. The Balaban J connectivity index is 1.45. The Morgan fingerprint density at radius 3 is 2.29 bits per heavy atom. The molecule has 7 heteroatoms. The molecule has 0 amide bonds. The van der Waals surface area contributed by atoms with Gasteiger partial charge in [0.1, 0.15) is 5.69 Å². The maximum absolute atomic E-state index is 13.0. The van der Waals surface area contributed by atoms with Crippen molar-refractivity contribution in [2.45, 2.75) is 13.5 Å². The monoisotopic (exact) mass is 419 g/mol. The Hall–Kier alpha value is -3.32. The number of H-pyrrole nitrogens is 2.